The number of ether oxygens (including phenoxy) is 1. The average molecular weight is 435 g/mol. The van der Waals surface area contributed by atoms with Crippen molar-refractivity contribution in [3.05, 3.63) is 58.4 Å². The monoisotopic (exact) mass is 434 g/mol. The molecule has 0 aliphatic carbocycles. The Balaban J connectivity index is 1.65. The molecule has 1 unspecified atom stereocenters. The van der Waals surface area contributed by atoms with Crippen LogP contribution in [0.25, 0.3) is 22.1 Å². The van der Waals surface area contributed by atoms with Gasteiger partial charge < -0.3 is 19.4 Å². The van der Waals surface area contributed by atoms with Crippen LogP contribution in [-0.2, 0) is 0 Å². The molecule has 5 heteroatoms. The summed E-state index contributed by atoms with van der Waals surface area (Å²) in [4.78, 5) is 15.3. The maximum atomic E-state index is 12.9. The van der Waals surface area contributed by atoms with Crippen LogP contribution in [0, 0.1) is 12.8 Å². The third kappa shape index (κ3) is 4.83. The predicted molar refractivity (Wildman–Crippen MR) is 132 cm³/mol. The second-order valence-electron chi connectivity index (χ2n) is 9.35. The maximum Gasteiger partial charge on any atom is 0.344 e. The van der Waals surface area contributed by atoms with Crippen molar-refractivity contribution in [3.63, 3.8) is 0 Å². The molecule has 170 valence electrons. The van der Waals surface area contributed by atoms with E-state index in [9.17, 15) is 4.79 Å². The zero-order valence-corrected chi connectivity index (χ0v) is 19.8. The van der Waals surface area contributed by atoms with Gasteiger partial charge in [0.15, 0.2) is 0 Å². The molecule has 4 rings (SSSR count). The summed E-state index contributed by atoms with van der Waals surface area (Å²) in [6, 6.07) is 14.8. The molecule has 1 fully saturated rings. The topological polar surface area (TPSA) is 54.7 Å². The molecule has 0 spiro atoms. The summed E-state index contributed by atoms with van der Waals surface area (Å²) in [5.41, 5.74) is 3.82. The molecule has 1 aliphatic rings. The van der Waals surface area contributed by atoms with Gasteiger partial charge in [-0.2, -0.15) is 0 Å². The zero-order chi connectivity index (χ0) is 22.8. The molecule has 1 N–H and O–H groups in total. The highest BCUT2D eigenvalue weighted by Gasteiger charge is 2.21. The minimum atomic E-state index is -0.326. The molecule has 2 aromatic carbocycles. The normalized spacial score (nSPS) is 19.8. The highest BCUT2D eigenvalue weighted by Crippen LogP contribution is 2.29. The molecule has 0 radical (unpaired) electrons. The van der Waals surface area contributed by atoms with Gasteiger partial charge in [0.05, 0.1) is 12.2 Å². The number of fused-ring (bicyclic) bond motifs is 1. The predicted octanol–water partition coefficient (Wildman–Crippen LogP) is 5.38. The van der Waals surface area contributed by atoms with E-state index in [0.29, 0.717) is 35.8 Å². The fourth-order valence-corrected chi connectivity index (χ4v) is 4.31. The fourth-order valence-electron chi connectivity index (χ4n) is 4.31. The Hall–Kier alpha value is -2.79. The first-order valence-corrected chi connectivity index (χ1v) is 11.7. The molecule has 0 saturated carbocycles. The largest absolute Gasteiger partial charge is 0.493 e. The lowest BCUT2D eigenvalue weighted by Gasteiger charge is -2.37. The van der Waals surface area contributed by atoms with Crippen molar-refractivity contribution in [2.24, 2.45) is 5.92 Å². The van der Waals surface area contributed by atoms with Crippen molar-refractivity contribution in [2.75, 3.05) is 24.6 Å². The van der Waals surface area contributed by atoms with Crippen LogP contribution >= 0.6 is 0 Å². The number of nitrogens with zero attached hydrogens (tertiary/aromatic N) is 1. The van der Waals surface area contributed by atoms with Crippen LogP contribution in [0.1, 0.15) is 39.7 Å². The van der Waals surface area contributed by atoms with E-state index in [1.807, 2.05) is 43.3 Å². The Bertz CT molecular complexity index is 1140. The Labute approximate surface area is 190 Å². The summed E-state index contributed by atoms with van der Waals surface area (Å²) < 4.78 is 11.8. The van der Waals surface area contributed by atoms with Gasteiger partial charge in [-0.15, -0.1) is 0 Å². The van der Waals surface area contributed by atoms with Crippen molar-refractivity contribution >= 4 is 16.7 Å². The number of hydrogen-bond acceptors (Lipinski definition) is 5. The number of nitrogens with one attached hydrogen (secondary N) is 1. The van der Waals surface area contributed by atoms with Crippen LogP contribution in [0.15, 0.2) is 51.7 Å². The summed E-state index contributed by atoms with van der Waals surface area (Å²) in [5.74, 6) is 1.30. The molecule has 0 bridgehead atoms. The van der Waals surface area contributed by atoms with E-state index >= 15 is 0 Å². The van der Waals surface area contributed by atoms with Gasteiger partial charge in [0.25, 0.3) is 0 Å². The molecule has 3 aromatic rings. The maximum absolute atomic E-state index is 12.9. The third-order valence-electron chi connectivity index (χ3n) is 6.36. The number of benzene rings is 2. The smallest absolute Gasteiger partial charge is 0.344 e. The fraction of sp³-hybridized carbons (Fsp3) is 0.444. The van der Waals surface area contributed by atoms with E-state index in [1.54, 1.807) is 0 Å². The second kappa shape index (κ2) is 9.37. The minimum absolute atomic E-state index is 0.326. The molecule has 2 heterocycles. The molecule has 1 aromatic heterocycles. The van der Waals surface area contributed by atoms with Gasteiger partial charge in [-0.1, -0.05) is 32.4 Å². The lowest BCUT2D eigenvalue weighted by molar-refractivity contribution is 0.255. The molecule has 32 heavy (non-hydrogen) atoms. The lowest BCUT2D eigenvalue weighted by atomic mass is 10.0. The first kappa shape index (κ1) is 22.4. The summed E-state index contributed by atoms with van der Waals surface area (Å²) in [6.45, 7) is 13.3. The minimum Gasteiger partial charge on any atom is -0.493 e. The van der Waals surface area contributed by atoms with Crippen molar-refractivity contribution in [1.82, 2.24) is 5.32 Å². The van der Waals surface area contributed by atoms with Crippen LogP contribution in [0.4, 0.5) is 5.69 Å². The summed E-state index contributed by atoms with van der Waals surface area (Å²) in [5, 5.41) is 4.47. The van der Waals surface area contributed by atoms with E-state index in [-0.39, 0.29) is 5.63 Å². The lowest BCUT2D eigenvalue weighted by Crippen LogP contribution is -2.54. The van der Waals surface area contributed by atoms with Crippen LogP contribution in [-0.4, -0.2) is 31.8 Å². The molecule has 1 saturated heterocycles. The first-order chi connectivity index (χ1) is 15.3. The second-order valence-corrected chi connectivity index (χ2v) is 9.35. The van der Waals surface area contributed by atoms with Gasteiger partial charge in [0, 0.05) is 42.3 Å². The van der Waals surface area contributed by atoms with Crippen molar-refractivity contribution < 1.29 is 9.15 Å². The number of rotatable bonds is 6. The number of piperazine rings is 1. The van der Waals surface area contributed by atoms with Gasteiger partial charge in [0.1, 0.15) is 11.3 Å². The standard InChI is InChI=1S/C27H34N2O3/c1-6-17(2)16-31-25-12-21(8-7-18(25)3)24-11-22-9-10-23(13-26(22)32-27(24)30)29-14-19(4)28-20(5)15-29/h7-13,17,19-20,28H,6,14-16H2,1-5H3/t17?,19-,20+. The highest BCUT2D eigenvalue weighted by atomic mass is 16.5. The summed E-state index contributed by atoms with van der Waals surface area (Å²) in [6.07, 6.45) is 1.07. The Morgan fingerprint density at radius 2 is 1.88 bits per heavy atom. The van der Waals surface area contributed by atoms with Gasteiger partial charge in [-0.05, 0) is 62.1 Å². The van der Waals surface area contributed by atoms with Gasteiger partial charge in [-0.3, -0.25) is 0 Å². The average Bonchev–Trinajstić information content (AvgIpc) is 2.77. The SMILES string of the molecule is CCC(C)COc1cc(-c2cc3ccc(N4C[C@@H](C)N[C@@H](C)C4)cc3oc2=O)ccc1C. The Morgan fingerprint density at radius 1 is 1.12 bits per heavy atom. The molecular formula is C27H34N2O3. The van der Waals surface area contributed by atoms with E-state index in [4.69, 9.17) is 9.15 Å². The molecular weight excluding hydrogens is 400 g/mol. The number of anilines is 1. The third-order valence-corrected chi connectivity index (χ3v) is 6.36. The Morgan fingerprint density at radius 3 is 2.59 bits per heavy atom. The van der Waals surface area contributed by atoms with E-state index in [1.165, 1.54) is 0 Å². The molecule has 5 nitrogen and oxygen atoms in total. The van der Waals surface area contributed by atoms with Crippen LogP contribution in [0.3, 0.4) is 0 Å². The zero-order valence-electron chi connectivity index (χ0n) is 19.8. The number of aryl methyl sites for hydroxylation is 1. The van der Waals surface area contributed by atoms with E-state index in [2.05, 4.69) is 44.0 Å². The van der Waals surface area contributed by atoms with Crippen molar-refractivity contribution in [2.45, 2.75) is 53.1 Å². The first-order valence-electron chi connectivity index (χ1n) is 11.7. The van der Waals surface area contributed by atoms with E-state index in [0.717, 1.165) is 47.5 Å². The molecule has 1 aliphatic heterocycles. The van der Waals surface area contributed by atoms with Gasteiger partial charge >= 0.3 is 5.63 Å². The molecule has 0 amide bonds. The quantitative estimate of drug-likeness (QED) is 0.528. The molecule has 3 atom stereocenters. The Kier molecular flexibility index (Phi) is 6.56. The van der Waals surface area contributed by atoms with Gasteiger partial charge in [-0.25, -0.2) is 4.79 Å². The number of hydrogen-bond donors (Lipinski definition) is 1. The van der Waals surface area contributed by atoms with Crippen LogP contribution in [0.2, 0.25) is 0 Å². The van der Waals surface area contributed by atoms with Crippen molar-refractivity contribution in [3.8, 4) is 16.9 Å². The van der Waals surface area contributed by atoms with Crippen LogP contribution in [0.5, 0.6) is 5.75 Å². The summed E-state index contributed by atoms with van der Waals surface area (Å²) in [7, 11) is 0. The van der Waals surface area contributed by atoms with Gasteiger partial charge in [0.2, 0.25) is 0 Å². The van der Waals surface area contributed by atoms with E-state index < -0.39 is 0 Å². The van der Waals surface area contributed by atoms with Crippen molar-refractivity contribution in [1.29, 1.82) is 0 Å². The highest BCUT2D eigenvalue weighted by molar-refractivity contribution is 5.84. The summed E-state index contributed by atoms with van der Waals surface area (Å²) >= 11 is 0. The van der Waals surface area contributed by atoms with Crippen LogP contribution < -0.4 is 20.6 Å².